The van der Waals surface area contributed by atoms with E-state index in [1.807, 2.05) is 13.8 Å². The number of piperidine rings is 1. The fourth-order valence-corrected chi connectivity index (χ4v) is 2.66. The van der Waals surface area contributed by atoms with Crippen LogP contribution in [0.5, 0.6) is 0 Å². The van der Waals surface area contributed by atoms with Crippen molar-refractivity contribution in [2.75, 3.05) is 40.3 Å². The number of carbonyl (C=O) groups is 1. The summed E-state index contributed by atoms with van der Waals surface area (Å²) >= 11 is 0. The van der Waals surface area contributed by atoms with Gasteiger partial charge in [-0.3, -0.25) is 4.79 Å². The quantitative estimate of drug-likeness (QED) is 0.654. The zero-order valence-corrected chi connectivity index (χ0v) is 14.6. The fourth-order valence-electron chi connectivity index (χ4n) is 2.66. The van der Waals surface area contributed by atoms with Crippen LogP contribution in [-0.4, -0.2) is 68.1 Å². The summed E-state index contributed by atoms with van der Waals surface area (Å²) in [7, 11) is 4.20. The van der Waals surface area contributed by atoms with Crippen molar-refractivity contribution in [3.8, 4) is 0 Å². The van der Waals surface area contributed by atoms with Gasteiger partial charge < -0.3 is 14.5 Å². The number of Topliss-reactive ketones (excluding diaryl/α,β-unsaturated/α-hetero) is 1. The molecule has 1 unspecified atom stereocenters. The van der Waals surface area contributed by atoms with Gasteiger partial charge in [0.25, 0.3) is 0 Å². The number of hydrogen-bond acceptors (Lipinski definition) is 4. The first kappa shape index (κ1) is 18.6. The molecule has 1 aliphatic heterocycles. The highest BCUT2D eigenvalue weighted by Crippen LogP contribution is 2.17. The first-order valence-corrected chi connectivity index (χ1v) is 8.43. The highest BCUT2D eigenvalue weighted by atomic mass is 16.5. The lowest BCUT2D eigenvalue weighted by atomic mass is 10.0. The topological polar surface area (TPSA) is 32.8 Å². The molecule has 0 aromatic carbocycles. The molecule has 1 heterocycles. The minimum Gasteiger partial charge on any atom is -0.375 e. The van der Waals surface area contributed by atoms with Crippen LogP contribution in [0.3, 0.4) is 0 Å². The lowest BCUT2D eigenvalue weighted by molar-refractivity contribution is -0.122. The van der Waals surface area contributed by atoms with Crippen molar-refractivity contribution >= 4 is 5.78 Å². The molecule has 0 radical (unpaired) electrons. The molecule has 4 nitrogen and oxygen atoms in total. The van der Waals surface area contributed by atoms with Gasteiger partial charge in [-0.05, 0) is 46.8 Å². The second-order valence-electron chi connectivity index (χ2n) is 6.95. The maximum absolute atomic E-state index is 11.7. The molecule has 4 heteroatoms. The summed E-state index contributed by atoms with van der Waals surface area (Å²) in [5.74, 6) is 0.550. The zero-order valence-electron chi connectivity index (χ0n) is 14.6. The van der Waals surface area contributed by atoms with Crippen LogP contribution >= 0.6 is 0 Å². The number of nitrogens with zero attached hydrogens (tertiary/aromatic N) is 2. The Labute approximate surface area is 130 Å². The second-order valence-corrected chi connectivity index (χ2v) is 6.95. The predicted molar refractivity (Wildman–Crippen MR) is 87.6 cm³/mol. The Hall–Kier alpha value is -0.450. The highest BCUT2D eigenvalue weighted by molar-refractivity contribution is 5.80. The van der Waals surface area contributed by atoms with Gasteiger partial charge in [0.05, 0.1) is 12.2 Å². The van der Waals surface area contributed by atoms with Crippen molar-refractivity contribution in [3.63, 3.8) is 0 Å². The first-order chi connectivity index (χ1) is 9.88. The van der Waals surface area contributed by atoms with Crippen LogP contribution in [0.15, 0.2) is 0 Å². The molecule has 1 saturated heterocycles. The molecule has 0 aromatic heterocycles. The van der Waals surface area contributed by atoms with Crippen molar-refractivity contribution in [1.82, 2.24) is 9.80 Å². The van der Waals surface area contributed by atoms with Gasteiger partial charge in [0, 0.05) is 32.0 Å². The summed E-state index contributed by atoms with van der Waals surface area (Å²) in [6.45, 7) is 10.3. The molecule has 1 atom stereocenters. The van der Waals surface area contributed by atoms with Crippen LogP contribution in [0, 0.1) is 5.92 Å². The summed E-state index contributed by atoms with van der Waals surface area (Å²) in [4.78, 5) is 16.3. The highest BCUT2D eigenvalue weighted by Gasteiger charge is 2.22. The smallest absolute Gasteiger partial charge is 0.136 e. The number of rotatable bonds is 9. The lowest BCUT2D eigenvalue weighted by Gasteiger charge is -2.33. The van der Waals surface area contributed by atoms with Gasteiger partial charge >= 0.3 is 0 Å². The Kier molecular flexibility index (Phi) is 8.45. The monoisotopic (exact) mass is 298 g/mol. The Morgan fingerprint density at radius 3 is 2.38 bits per heavy atom. The van der Waals surface area contributed by atoms with Crippen LogP contribution < -0.4 is 0 Å². The molecule has 0 amide bonds. The molecule has 0 N–H and O–H groups in total. The Balaban J connectivity index is 2.15. The van der Waals surface area contributed by atoms with Crippen LogP contribution in [0.25, 0.3) is 0 Å². The molecule has 0 aliphatic carbocycles. The molecular formula is C17H34N2O2. The van der Waals surface area contributed by atoms with Gasteiger partial charge in [0.2, 0.25) is 0 Å². The fraction of sp³-hybridized carbons (Fsp3) is 0.941. The number of ether oxygens (including phenoxy) is 1. The average Bonchev–Trinajstić information content (AvgIpc) is 2.44. The number of hydrogen-bond donors (Lipinski definition) is 0. The second kappa shape index (κ2) is 9.54. The van der Waals surface area contributed by atoms with Crippen LogP contribution in [-0.2, 0) is 9.53 Å². The van der Waals surface area contributed by atoms with E-state index in [4.69, 9.17) is 4.74 Å². The molecular weight excluding hydrogens is 264 g/mol. The SMILES string of the molecule is CC(CCN(C)C)OC1CCN(CCC(=O)C(C)C)CC1. The van der Waals surface area contributed by atoms with E-state index >= 15 is 0 Å². The van der Waals surface area contributed by atoms with Gasteiger partial charge in [0.15, 0.2) is 0 Å². The zero-order chi connectivity index (χ0) is 15.8. The van der Waals surface area contributed by atoms with Crippen molar-refractivity contribution < 1.29 is 9.53 Å². The molecule has 124 valence electrons. The third kappa shape index (κ3) is 7.93. The van der Waals surface area contributed by atoms with E-state index in [-0.39, 0.29) is 5.92 Å². The minimum atomic E-state index is 0.170. The van der Waals surface area contributed by atoms with Crippen molar-refractivity contribution in [3.05, 3.63) is 0 Å². The van der Waals surface area contributed by atoms with Gasteiger partial charge in [0.1, 0.15) is 5.78 Å². The van der Waals surface area contributed by atoms with Gasteiger partial charge in [-0.15, -0.1) is 0 Å². The van der Waals surface area contributed by atoms with Gasteiger partial charge in [-0.25, -0.2) is 0 Å². The predicted octanol–water partition coefficient (Wildman–Crippen LogP) is 2.42. The third-order valence-electron chi connectivity index (χ3n) is 4.26. The average molecular weight is 298 g/mol. The first-order valence-electron chi connectivity index (χ1n) is 8.43. The Bertz CT molecular complexity index is 297. The van der Waals surface area contributed by atoms with E-state index in [9.17, 15) is 4.79 Å². The van der Waals surface area contributed by atoms with Gasteiger partial charge in [-0.2, -0.15) is 0 Å². The molecule has 0 spiro atoms. The van der Waals surface area contributed by atoms with Crippen LogP contribution in [0.4, 0.5) is 0 Å². The molecule has 0 bridgehead atoms. The van der Waals surface area contributed by atoms with Crippen LogP contribution in [0.1, 0.15) is 46.5 Å². The standard InChI is InChI=1S/C17H34N2O2/c1-14(2)17(20)9-13-19-11-7-16(8-12-19)21-15(3)6-10-18(4)5/h14-16H,6-13H2,1-5H3. The maximum Gasteiger partial charge on any atom is 0.136 e. The lowest BCUT2D eigenvalue weighted by Crippen LogP contribution is -2.39. The number of carbonyl (C=O) groups excluding carboxylic acids is 1. The Morgan fingerprint density at radius 2 is 1.86 bits per heavy atom. The summed E-state index contributed by atoms with van der Waals surface area (Å²) in [5, 5.41) is 0. The van der Waals surface area contributed by atoms with Crippen molar-refractivity contribution in [2.24, 2.45) is 5.92 Å². The normalized spacial score (nSPS) is 19.4. The summed E-state index contributed by atoms with van der Waals surface area (Å²) in [5.41, 5.74) is 0. The molecule has 0 aromatic rings. The number of ketones is 1. The molecule has 21 heavy (non-hydrogen) atoms. The molecule has 1 rings (SSSR count). The molecule has 1 aliphatic rings. The van der Waals surface area contributed by atoms with E-state index in [0.29, 0.717) is 24.4 Å². The van der Waals surface area contributed by atoms with E-state index in [1.54, 1.807) is 0 Å². The summed E-state index contributed by atoms with van der Waals surface area (Å²) < 4.78 is 6.13. The third-order valence-corrected chi connectivity index (χ3v) is 4.26. The van der Waals surface area contributed by atoms with E-state index < -0.39 is 0 Å². The number of likely N-dealkylation sites (tertiary alicyclic amines) is 1. The van der Waals surface area contributed by atoms with Crippen molar-refractivity contribution in [1.29, 1.82) is 0 Å². The van der Waals surface area contributed by atoms with Crippen LogP contribution in [0.2, 0.25) is 0 Å². The van der Waals surface area contributed by atoms with E-state index in [0.717, 1.165) is 45.4 Å². The minimum absolute atomic E-state index is 0.170. The molecule has 1 fully saturated rings. The van der Waals surface area contributed by atoms with Gasteiger partial charge in [-0.1, -0.05) is 13.8 Å². The largest absolute Gasteiger partial charge is 0.375 e. The summed E-state index contributed by atoms with van der Waals surface area (Å²) in [6.07, 6.45) is 4.73. The van der Waals surface area contributed by atoms with Crippen molar-refractivity contribution in [2.45, 2.75) is 58.7 Å². The maximum atomic E-state index is 11.7. The molecule has 0 saturated carbocycles. The summed E-state index contributed by atoms with van der Waals surface area (Å²) in [6, 6.07) is 0. The van der Waals surface area contributed by atoms with E-state index in [2.05, 4.69) is 30.8 Å². The Morgan fingerprint density at radius 1 is 1.24 bits per heavy atom. The van der Waals surface area contributed by atoms with E-state index in [1.165, 1.54) is 0 Å².